The van der Waals surface area contributed by atoms with E-state index >= 15 is 0 Å². The highest BCUT2D eigenvalue weighted by atomic mass is 19.1. The number of hydrogen-bond donors (Lipinski definition) is 2. The first-order chi connectivity index (χ1) is 26.4. The van der Waals surface area contributed by atoms with Crippen LogP contribution in [0.2, 0.25) is 0 Å². The number of ether oxygens (including phenoxy) is 4. The van der Waals surface area contributed by atoms with Crippen molar-refractivity contribution in [1.29, 1.82) is 0 Å². The predicted molar refractivity (Wildman–Crippen MR) is 206 cm³/mol. The number of oxime groups is 1. The van der Waals surface area contributed by atoms with Crippen LogP contribution in [0.1, 0.15) is 81.8 Å². The number of aliphatic hydroxyl groups is 2. The summed E-state index contributed by atoms with van der Waals surface area (Å²) in [7, 11) is 1.52. The van der Waals surface area contributed by atoms with E-state index in [0.29, 0.717) is 55.0 Å². The van der Waals surface area contributed by atoms with Crippen LogP contribution in [0.3, 0.4) is 0 Å². The van der Waals surface area contributed by atoms with Crippen molar-refractivity contribution in [2.75, 3.05) is 40.1 Å². The van der Waals surface area contributed by atoms with Gasteiger partial charge in [0.25, 0.3) is 0 Å². The number of unbranched alkanes of at least 4 members (excludes halogenated alkanes) is 2. The van der Waals surface area contributed by atoms with Gasteiger partial charge >= 0.3 is 6.09 Å². The Labute approximate surface area is 319 Å². The lowest BCUT2D eigenvalue weighted by Gasteiger charge is -2.59. The minimum absolute atomic E-state index is 0.0499. The van der Waals surface area contributed by atoms with Crippen molar-refractivity contribution in [1.82, 2.24) is 4.90 Å². The molecule has 5 rings (SSSR count). The van der Waals surface area contributed by atoms with Gasteiger partial charge < -0.3 is 34.0 Å². The topological polar surface area (TPSA) is 119 Å². The molecule has 6 atom stereocenters. The Morgan fingerprint density at radius 3 is 2.57 bits per heavy atom. The number of aliphatic hydroxyl groups excluding tert-OH is 2. The molecule has 3 aliphatic rings. The van der Waals surface area contributed by atoms with E-state index in [9.17, 15) is 19.4 Å². The SMILES string of the molecule is C=CCCOC(=O)N(CCC)[C@H]1CC(=NOC)C2=C[C@H](CCCCO)[C@@H](CCCCO)[C@@H]3c4cc(OCc5ccccc5F)ccc4O[C@@]1(OCC=C)[C@H]23. The lowest BCUT2D eigenvalue weighted by Crippen LogP contribution is -2.70. The largest absolute Gasteiger partial charge is 0.489 e. The number of carbonyl (C=O) groups excluding carboxylic acids is 1. The zero-order valence-corrected chi connectivity index (χ0v) is 31.8. The predicted octanol–water partition coefficient (Wildman–Crippen LogP) is 8.09. The first-order valence-corrected chi connectivity index (χ1v) is 19.4. The van der Waals surface area contributed by atoms with Gasteiger partial charge in [-0.05, 0) is 80.2 Å². The summed E-state index contributed by atoms with van der Waals surface area (Å²) < 4.78 is 40.8. The highest BCUT2D eigenvalue weighted by Crippen LogP contribution is 2.62. The van der Waals surface area contributed by atoms with Crippen LogP contribution < -0.4 is 9.47 Å². The molecule has 0 radical (unpaired) electrons. The minimum Gasteiger partial charge on any atom is -0.489 e. The van der Waals surface area contributed by atoms with Crippen molar-refractivity contribution < 1.29 is 43.2 Å². The summed E-state index contributed by atoms with van der Waals surface area (Å²) in [6.07, 6.45) is 11.3. The lowest BCUT2D eigenvalue weighted by atomic mass is 9.55. The van der Waals surface area contributed by atoms with Crippen LogP contribution in [-0.4, -0.2) is 78.8 Å². The van der Waals surface area contributed by atoms with Crippen molar-refractivity contribution in [3.8, 4) is 11.5 Å². The van der Waals surface area contributed by atoms with Gasteiger partial charge in [0.1, 0.15) is 37.1 Å². The summed E-state index contributed by atoms with van der Waals surface area (Å²) in [6.45, 7) is 10.7. The Morgan fingerprint density at radius 1 is 1.09 bits per heavy atom. The number of benzene rings is 2. The molecule has 294 valence electrons. The molecule has 1 amide bonds. The van der Waals surface area contributed by atoms with E-state index in [-0.39, 0.29) is 63.0 Å². The normalized spacial score (nSPS) is 24.7. The fourth-order valence-corrected chi connectivity index (χ4v) is 8.55. The quantitative estimate of drug-likeness (QED) is 0.0748. The van der Waals surface area contributed by atoms with Crippen LogP contribution in [0.15, 0.2) is 84.6 Å². The third kappa shape index (κ3) is 9.01. The van der Waals surface area contributed by atoms with Gasteiger partial charge in [-0.2, -0.15) is 0 Å². The van der Waals surface area contributed by atoms with Gasteiger partial charge in [-0.1, -0.05) is 61.3 Å². The van der Waals surface area contributed by atoms with E-state index in [1.54, 1.807) is 35.3 Å². The zero-order chi connectivity index (χ0) is 38.5. The summed E-state index contributed by atoms with van der Waals surface area (Å²) in [4.78, 5) is 21.2. The van der Waals surface area contributed by atoms with Gasteiger partial charge in [0.05, 0.1) is 24.8 Å². The van der Waals surface area contributed by atoms with E-state index < -0.39 is 23.8 Å². The Morgan fingerprint density at radius 2 is 1.87 bits per heavy atom. The summed E-state index contributed by atoms with van der Waals surface area (Å²) in [6, 6.07) is 11.6. The molecule has 0 spiro atoms. The van der Waals surface area contributed by atoms with Gasteiger partial charge in [-0.25, -0.2) is 9.18 Å². The summed E-state index contributed by atoms with van der Waals surface area (Å²) in [5.74, 6) is -1.05. The van der Waals surface area contributed by atoms with Crippen molar-refractivity contribution >= 4 is 11.8 Å². The molecule has 2 aliphatic carbocycles. The maximum Gasteiger partial charge on any atom is 0.410 e. The second-order valence-corrected chi connectivity index (χ2v) is 14.2. The Balaban J connectivity index is 1.72. The van der Waals surface area contributed by atoms with Crippen LogP contribution in [0, 0.1) is 23.6 Å². The second-order valence-electron chi connectivity index (χ2n) is 14.2. The zero-order valence-electron chi connectivity index (χ0n) is 31.8. The fraction of sp³-hybridized carbons (Fsp3) is 0.535. The molecule has 1 heterocycles. The summed E-state index contributed by atoms with van der Waals surface area (Å²) >= 11 is 0. The van der Waals surface area contributed by atoms with E-state index in [1.807, 2.05) is 25.1 Å². The molecule has 0 bridgehead atoms. The summed E-state index contributed by atoms with van der Waals surface area (Å²) in [5.41, 5.74) is 3.01. The van der Waals surface area contributed by atoms with Gasteiger partial charge in [0.2, 0.25) is 5.79 Å². The number of rotatable bonds is 21. The fourth-order valence-electron chi connectivity index (χ4n) is 8.55. The van der Waals surface area contributed by atoms with Gasteiger partial charge in [0, 0.05) is 43.2 Å². The molecule has 0 saturated heterocycles. The first kappa shape index (κ1) is 41.0. The van der Waals surface area contributed by atoms with Crippen LogP contribution in [0.4, 0.5) is 9.18 Å². The Bertz CT molecular complexity index is 1630. The molecule has 2 aromatic rings. The Hall–Kier alpha value is -4.19. The van der Waals surface area contributed by atoms with Gasteiger partial charge in [-0.15, -0.1) is 13.2 Å². The molecule has 54 heavy (non-hydrogen) atoms. The van der Waals surface area contributed by atoms with E-state index in [1.165, 1.54) is 13.2 Å². The number of halogens is 1. The molecule has 2 N–H and O–H groups in total. The molecule has 0 aromatic heterocycles. The third-order valence-corrected chi connectivity index (χ3v) is 10.8. The maximum absolute atomic E-state index is 14.6. The average Bonchev–Trinajstić information content (AvgIpc) is 3.18. The van der Waals surface area contributed by atoms with E-state index in [2.05, 4.69) is 24.4 Å². The molecule has 1 fully saturated rings. The molecule has 2 aromatic carbocycles. The molecule has 1 saturated carbocycles. The van der Waals surface area contributed by atoms with Crippen molar-refractivity contribution in [2.45, 2.75) is 89.1 Å². The third-order valence-electron chi connectivity index (χ3n) is 10.8. The Kier molecular flexibility index (Phi) is 15.1. The lowest BCUT2D eigenvalue weighted by molar-refractivity contribution is -0.255. The number of allylic oxidation sites excluding steroid dienone is 1. The highest BCUT2D eigenvalue weighted by Gasteiger charge is 2.65. The molecule has 11 heteroatoms. The average molecular weight is 749 g/mol. The van der Waals surface area contributed by atoms with E-state index in [0.717, 1.165) is 36.8 Å². The standard InChI is InChI=1S/C43H57FN2O8/c1-5-8-25-51-42(49)46(21-6-2)39-28-37(45-50-4)34-26-30(15-11-13-22-47)33(17-12-14-23-48)40-35-27-32(52-29-31-16-9-10-18-36(31)44)19-20-38(35)54-43(39,41(34)40)53-24-7-3/h5,7,9-10,16,18-20,26-27,30,33,39-41,47-48H,1,3,6,8,11-15,17,21-25,28-29H2,2,4H3/t30-,33+,39-,40+,41+,43+/m0/s1. The van der Waals surface area contributed by atoms with Crippen molar-refractivity contribution in [3.63, 3.8) is 0 Å². The monoisotopic (exact) mass is 748 g/mol. The maximum atomic E-state index is 14.6. The molecule has 0 unspecified atom stereocenters. The molecule has 1 aliphatic heterocycles. The highest BCUT2D eigenvalue weighted by molar-refractivity contribution is 6.02. The number of nitrogens with zero attached hydrogens (tertiary/aromatic N) is 2. The number of fused-ring (bicyclic) bond motifs is 2. The molecule has 10 nitrogen and oxygen atoms in total. The summed E-state index contributed by atoms with van der Waals surface area (Å²) in [5, 5.41) is 24.2. The second kappa shape index (κ2) is 19.9. The van der Waals surface area contributed by atoms with Crippen LogP contribution in [0.25, 0.3) is 0 Å². The van der Waals surface area contributed by atoms with Gasteiger partial charge in [0.15, 0.2) is 0 Å². The minimum atomic E-state index is -1.38. The smallest absolute Gasteiger partial charge is 0.410 e. The van der Waals surface area contributed by atoms with Crippen molar-refractivity contribution in [2.24, 2.45) is 22.9 Å². The van der Waals surface area contributed by atoms with Crippen LogP contribution in [0.5, 0.6) is 11.5 Å². The number of hydrogen-bond acceptors (Lipinski definition) is 9. The molecular weight excluding hydrogens is 691 g/mol. The van der Waals surface area contributed by atoms with Crippen molar-refractivity contribution in [3.05, 3.63) is 96.4 Å². The van der Waals surface area contributed by atoms with Gasteiger partial charge in [-0.3, -0.25) is 4.90 Å². The van der Waals surface area contributed by atoms with Crippen LogP contribution >= 0.6 is 0 Å². The molecular formula is C43H57FN2O8. The van der Waals surface area contributed by atoms with E-state index in [4.69, 9.17) is 23.8 Å². The first-order valence-electron chi connectivity index (χ1n) is 19.4. The number of carbonyl (C=O) groups is 1. The van der Waals surface area contributed by atoms with Crippen LogP contribution in [-0.2, 0) is 20.9 Å². The number of amides is 1.